The lowest BCUT2D eigenvalue weighted by atomic mass is 9.95. The molecule has 552 valence electrons. The van der Waals surface area contributed by atoms with Crippen molar-refractivity contribution in [3.63, 3.8) is 0 Å². The Balaban J connectivity index is 1.32. The van der Waals surface area contributed by atoms with Gasteiger partial charge in [-0.05, 0) is 66.8 Å². The van der Waals surface area contributed by atoms with Crippen molar-refractivity contribution in [3.8, 4) is 11.5 Å². The van der Waals surface area contributed by atoms with E-state index in [-0.39, 0.29) is 0 Å². The Labute approximate surface area is 579 Å². The van der Waals surface area contributed by atoms with Gasteiger partial charge in [-0.2, -0.15) is 0 Å². The van der Waals surface area contributed by atoms with E-state index in [4.69, 9.17) is 0 Å². The number of H-pyrrole nitrogens is 4. The molecule has 0 radical (unpaired) electrons. The second kappa shape index (κ2) is 26.4. The Kier molecular flexibility index (Phi) is 18.2. The first-order valence-corrected chi connectivity index (χ1v) is 33.2. The Morgan fingerprint density at radius 3 is 0.796 bits per heavy atom. The third-order valence-electron chi connectivity index (χ3n) is 16.6. The zero-order chi connectivity index (χ0) is 78.7. The van der Waals surface area contributed by atoms with Crippen molar-refractivity contribution >= 4 is 52.9 Å². The summed E-state index contributed by atoms with van der Waals surface area (Å²) in [7, 11) is -3.08. The fourth-order valence-electron chi connectivity index (χ4n) is 11.8. The average Bonchev–Trinajstić information content (AvgIpc) is 1.59. The minimum absolute atomic E-state index is 0.373. The smallest absolute Gasteiger partial charge is 0.200 e. The molecule has 13 rings (SSSR count). The SMILES string of the molecule is C[Si](C)(C)C#CC1=CC2=NC1=C(c1c(F)c(F)c(F)c(F)c1F)c1ccc([nH]1)C(c1c(F)c(F)c(F)c(F)c1F)=C1C=CC(=N1)C(c1c(F)c(F)c(F)c(F)c1F)=c1ccc([nH]1)=C(c1c(F)c(F)c(F)c(F)c1F)c1ccc([nH]1)C(c1c(F)c(F)c(F)c(F)c1F)=c1ccc([nH]1)=C2c1c(F)c(F)c(F)c(F)c1F. The number of allylic oxidation sites excluding steroid dienone is 4. The number of benzene rings is 6. The molecule has 3 aliphatic rings. The zero-order valence-corrected chi connectivity index (χ0v) is 53.6. The fourth-order valence-corrected chi connectivity index (χ4v) is 12.3. The van der Waals surface area contributed by atoms with Crippen LogP contribution in [-0.2, 0) is 0 Å². The van der Waals surface area contributed by atoms with Crippen molar-refractivity contribution in [2.45, 2.75) is 19.6 Å². The van der Waals surface area contributed by atoms with Crippen molar-refractivity contribution in [1.82, 2.24) is 19.9 Å². The van der Waals surface area contributed by atoms with E-state index in [2.05, 4.69) is 41.4 Å². The van der Waals surface area contributed by atoms with E-state index in [0.29, 0.717) is 66.8 Å². The summed E-state index contributed by atoms with van der Waals surface area (Å²) in [6, 6.07) is 3.32. The molecular weight excluding hydrogens is 1530 g/mol. The number of aromatic nitrogens is 4. The molecule has 108 heavy (non-hydrogen) atoms. The number of halogens is 30. The van der Waals surface area contributed by atoms with Gasteiger partial charge in [0.25, 0.3) is 0 Å². The van der Waals surface area contributed by atoms with Crippen molar-refractivity contribution in [2.75, 3.05) is 0 Å². The normalized spacial score (nSPS) is 14.1. The van der Waals surface area contributed by atoms with Crippen LogP contribution in [0.25, 0.3) is 33.4 Å². The van der Waals surface area contributed by atoms with Crippen LogP contribution >= 0.6 is 0 Å². The number of hydrogen-bond acceptors (Lipinski definition) is 2. The van der Waals surface area contributed by atoms with Gasteiger partial charge in [0.15, 0.2) is 140 Å². The van der Waals surface area contributed by atoms with E-state index in [1.54, 1.807) is 0 Å². The summed E-state index contributed by atoms with van der Waals surface area (Å²) in [5.41, 5.74) is -31.5. The van der Waals surface area contributed by atoms with Crippen LogP contribution in [0, 0.1) is 186 Å². The average molecular weight is 1560 g/mol. The predicted molar refractivity (Wildman–Crippen MR) is 323 cm³/mol. The summed E-state index contributed by atoms with van der Waals surface area (Å²) < 4.78 is 479. The van der Waals surface area contributed by atoms with Gasteiger partial charge in [-0.25, -0.2) is 142 Å². The van der Waals surface area contributed by atoms with E-state index < -0.39 is 322 Å². The number of fused-ring (bicyclic) bond motifs is 10. The standard InChI is InChI=1S/C71H24F30N6Si/c1-108(2,3)15-14-17-16-28-33(39-49(80)61(92)69(100)62(93)50(39)81)26-11-10-24(105-26)31(37-45(76)57(88)67(98)58(89)46(37)77)22-7-6-20(103-22)29(35-41(72)53(84)65(96)54(85)42(35)73)18-4-5-19(102-18)30(36-43(74)55(86)66(97)56(87)44(36)75)21-8-9-23(104-21)32(38-47(78)59(90)68(99)60(91)48(38)79)25-12-13-27(106-25)34(71(17)107-28)40-51(82)63(94)70(101)64(95)52(40)83/h4-13,16,102-103,105-106H,1-3H3. The van der Waals surface area contributed by atoms with Crippen LogP contribution in [0.5, 0.6) is 0 Å². The van der Waals surface area contributed by atoms with Crippen LogP contribution in [0.4, 0.5) is 132 Å². The maximum atomic E-state index is 16.9. The number of nitrogens with zero attached hydrogens (tertiary/aromatic N) is 2. The van der Waals surface area contributed by atoms with Crippen molar-refractivity contribution < 1.29 is 132 Å². The fraction of sp³-hybridized carbons (Fsp3) is 0.0423. The topological polar surface area (TPSA) is 87.9 Å². The lowest BCUT2D eigenvalue weighted by Crippen LogP contribution is -2.23. The van der Waals surface area contributed by atoms with E-state index in [0.717, 1.165) is 0 Å². The van der Waals surface area contributed by atoms with E-state index in [1.165, 1.54) is 19.6 Å². The maximum Gasteiger partial charge on any atom is 0.200 e. The summed E-state index contributed by atoms with van der Waals surface area (Å²) in [5, 5.41) is -5.03. The summed E-state index contributed by atoms with van der Waals surface area (Å²) in [4.78, 5) is 16.6. The molecule has 4 N–H and O–H groups in total. The minimum atomic E-state index is -3.08. The molecule has 0 amide bonds. The number of aromatic amines is 4. The molecule has 6 aromatic carbocycles. The molecule has 0 atom stereocenters. The van der Waals surface area contributed by atoms with Gasteiger partial charge in [-0.15, -0.1) is 5.54 Å². The highest BCUT2D eigenvalue weighted by Crippen LogP contribution is 2.45. The quantitative estimate of drug-likeness (QED) is 0.0420. The monoisotopic (exact) mass is 1560 g/mol. The molecule has 4 aromatic heterocycles. The van der Waals surface area contributed by atoms with Gasteiger partial charge >= 0.3 is 0 Å². The second-order valence-electron chi connectivity index (χ2n) is 24.2. The summed E-state index contributed by atoms with van der Waals surface area (Å²) in [6.07, 6.45) is 1.17. The largest absolute Gasteiger partial charge is 0.354 e. The predicted octanol–water partition coefficient (Wildman–Crippen LogP) is 16.6. The maximum absolute atomic E-state index is 16.9. The summed E-state index contributed by atoms with van der Waals surface area (Å²) >= 11 is 0. The van der Waals surface area contributed by atoms with E-state index >= 15 is 119 Å². The molecule has 0 aliphatic carbocycles. The highest BCUT2D eigenvalue weighted by atomic mass is 28.3. The first-order valence-electron chi connectivity index (χ1n) is 29.7. The third-order valence-corrected chi connectivity index (χ3v) is 17.5. The van der Waals surface area contributed by atoms with Crippen molar-refractivity contribution in [3.05, 3.63) is 336 Å². The van der Waals surface area contributed by atoms with Crippen LogP contribution in [0.3, 0.4) is 0 Å². The molecule has 0 saturated heterocycles. The number of nitrogens with one attached hydrogen (secondary N) is 4. The highest BCUT2D eigenvalue weighted by molar-refractivity contribution is 6.84. The van der Waals surface area contributed by atoms with Gasteiger partial charge in [-0.1, -0.05) is 25.6 Å². The first-order chi connectivity index (χ1) is 50.7. The molecular formula is C71H24F30N6Si. The van der Waals surface area contributed by atoms with Gasteiger partial charge in [0.2, 0.25) is 34.9 Å². The Morgan fingerprint density at radius 2 is 0.491 bits per heavy atom. The molecule has 0 unspecified atom stereocenters. The molecule has 0 spiro atoms. The van der Waals surface area contributed by atoms with Crippen LogP contribution in [0.1, 0.15) is 56.2 Å². The molecule has 12 bridgehead atoms. The van der Waals surface area contributed by atoms with Gasteiger partial charge < -0.3 is 19.9 Å². The molecule has 7 heterocycles. The van der Waals surface area contributed by atoms with Gasteiger partial charge in [0.05, 0.1) is 61.8 Å². The molecule has 0 fully saturated rings. The minimum Gasteiger partial charge on any atom is -0.354 e. The second-order valence-corrected chi connectivity index (χ2v) is 28.9. The van der Waals surface area contributed by atoms with Gasteiger partial charge in [0, 0.05) is 77.6 Å². The molecule has 6 nitrogen and oxygen atoms in total. The summed E-state index contributed by atoms with van der Waals surface area (Å²) in [6.45, 7) is 4.34. The lowest BCUT2D eigenvalue weighted by molar-refractivity contribution is 0.376. The van der Waals surface area contributed by atoms with Crippen LogP contribution < -0.4 is 21.4 Å². The highest BCUT2D eigenvalue weighted by Gasteiger charge is 2.40. The first kappa shape index (κ1) is 74.2. The van der Waals surface area contributed by atoms with Gasteiger partial charge in [-0.3, -0.25) is 0 Å². The Morgan fingerprint density at radius 1 is 0.250 bits per heavy atom. The van der Waals surface area contributed by atoms with Crippen molar-refractivity contribution in [2.24, 2.45) is 9.98 Å². The summed E-state index contributed by atoms with van der Waals surface area (Å²) in [5.74, 6) is -83.6. The van der Waals surface area contributed by atoms with Crippen LogP contribution in [0.2, 0.25) is 19.6 Å². The van der Waals surface area contributed by atoms with E-state index in [9.17, 15) is 13.2 Å². The lowest BCUT2D eigenvalue weighted by Gasteiger charge is -2.15. The molecule has 10 aromatic rings. The van der Waals surface area contributed by atoms with Crippen molar-refractivity contribution in [1.29, 1.82) is 0 Å². The van der Waals surface area contributed by atoms with E-state index in [1.807, 2.05) is 0 Å². The number of rotatable bonds is 6. The molecule has 37 heteroatoms. The molecule has 0 saturated carbocycles. The number of aliphatic imine (C=N–C) groups is 2. The number of hydrogen-bond donors (Lipinski definition) is 4. The third kappa shape index (κ3) is 11.4. The Hall–Kier alpha value is -12.1. The van der Waals surface area contributed by atoms with Crippen LogP contribution in [0.15, 0.2) is 93.7 Å². The molecule has 3 aliphatic heterocycles. The van der Waals surface area contributed by atoms with Gasteiger partial charge in [0.1, 0.15) is 8.07 Å². The Bertz CT molecular complexity index is 6180. The van der Waals surface area contributed by atoms with Crippen LogP contribution in [-0.4, -0.2) is 39.4 Å². The zero-order valence-electron chi connectivity index (χ0n) is 52.6.